The highest BCUT2D eigenvalue weighted by Gasteiger charge is 2.53. The number of pyridine rings is 1. The summed E-state index contributed by atoms with van der Waals surface area (Å²) in [6, 6.07) is 5.58. The van der Waals surface area contributed by atoms with Gasteiger partial charge in [0.1, 0.15) is 11.9 Å². The molecule has 0 saturated carbocycles. The van der Waals surface area contributed by atoms with Crippen molar-refractivity contribution in [2.75, 3.05) is 6.61 Å². The third-order valence-corrected chi connectivity index (χ3v) is 7.97. The number of esters is 1. The first-order chi connectivity index (χ1) is 17.9. The number of nitrogens with zero attached hydrogens (tertiary/aromatic N) is 1. The highest BCUT2D eigenvalue weighted by atomic mass is 16.6. The Morgan fingerprint density at radius 1 is 1.21 bits per heavy atom. The maximum Gasteiger partial charge on any atom is 0.309 e. The summed E-state index contributed by atoms with van der Waals surface area (Å²) < 4.78 is 17.9. The quantitative estimate of drug-likeness (QED) is 0.341. The average molecular weight is 530 g/mol. The minimum absolute atomic E-state index is 0.144. The van der Waals surface area contributed by atoms with Gasteiger partial charge in [0, 0.05) is 25.6 Å². The predicted octanol–water partition coefficient (Wildman–Crippen LogP) is 4.04. The van der Waals surface area contributed by atoms with Crippen molar-refractivity contribution in [1.82, 2.24) is 4.98 Å². The Hall–Kier alpha value is -2.39. The molecule has 2 N–H and O–H groups in total. The molecule has 8 heteroatoms. The number of ketones is 1. The van der Waals surface area contributed by atoms with E-state index in [0.717, 1.165) is 11.3 Å². The maximum atomic E-state index is 13.6. The van der Waals surface area contributed by atoms with Crippen LogP contribution in [0, 0.1) is 11.3 Å². The SMILES string of the molecule is CC=CC[C@H]1C(=O)C(C)(C)[C@@H](O)CC(=O)O[C@H](C(C)=Cc2ccccn2)C[C@@H]2O[C@]2(C)CCO[C@H](C)[C@H]1O. The molecular formula is C30H43NO7. The van der Waals surface area contributed by atoms with Gasteiger partial charge < -0.3 is 24.4 Å². The van der Waals surface area contributed by atoms with Crippen molar-refractivity contribution in [2.24, 2.45) is 11.3 Å². The first-order valence-electron chi connectivity index (χ1n) is 13.5. The Bertz CT molecular complexity index is 1020. The van der Waals surface area contributed by atoms with Crippen LogP contribution in [0.1, 0.15) is 72.9 Å². The van der Waals surface area contributed by atoms with Crippen molar-refractivity contribution in [2.45, 2.75) is 103 Å². The van der Waals surface area contributed by atoms with Gasteiger partial charge in [-0.1, -0.05) is 32.1 Å². The lowest BCUT2D eigenvalue weighted by Crippen LogP contribution is -2.48. The van der Waals surface area contributed by atoms with Crippen LogP contribution in [-0.2, 0) is 23.8 Å². The van der Waals surface area contributed by atoms with Crippen molar-refractivity contribution in [3.8, 4) is 0 Å². The first kappa shape index (κ1) is 30.2. The van der Waals surface area contributed by atoms with Gasteiger partial charge in [-0.05, 0) is 57.9 Å². The average Bonchev–Trinajstić information content (AvgIpc) is 3.51. The van der Waals surface area contributed by atoms with Crippen LogP contribution in [-0.4, -0.2) is 69.7 Å². The molecule has 2 aliphatic rings. The Kier molecular flexibility index (Phi) is 10.0. The maximum absolute atomic E-state index is 13.6. The monoisotopic (exact) mass is 529 g/mol. The number of rotatable bonds is 4. The molecule has 1 aromatic heterocycles. The molecule has 0 bridgehead atoms. The van der Waals surface area contributed by atoms with Crippen molar-refractivity contribution < 1.29 is 34.0 Å². The molecule has 2 saturated heterocycles. The van der Waals surface area contributed by atoms with Gasteiger partial charge in [0.25, 0.3) is 0 Å². The molecule has 1 aromatic rings. The topological polar surface area (TPSA) is 118 Å². The van der Waals surface area contributed by atoms with Gasteiger partial charge in [-0.25, -0.2) is 0 Å². The van der Waals surface area contributed by atoms with Gasteiger partial charge in [-0.2, -0.15) is 0 Å². The molecule has 8 nitrogen and oxygen atoms in total. The van der Waals surface area contributed by atoms with Gasteiger partial charge in [-0.15, -0.1) is 0 Å². The van der Waals surface area contributed by atoms with Crippen LogP contribution in [0.2, 0.25) is 0 Å². The highest BCUT2D eigenvalue weighted by molar-refractivity contribution is 5.88. The number of carbonyl (C=O) groups is 2. The normalized spacial score (nSPS) is 35.5. The van der Waals surface area contributed by atoms with E-state index < -0.39 is 47.3 Å². The van der Waals surface area contributed by atoms with E-state index in [0.29, 0.717) is 25.9 Å². The number of ether oxygens (including phenoxy) is 3. The molecule has 2 aliphatic heterocycles. The summed E-state index contributed by atoms with van der Waals surface area (Å²) in [6.07, 6.45) is 4.49. The highest BCUT2D eigenvalue weighted by Crippen LogP contribution is 2.43. The fourth-order valence-corrected chi connectivity index (χ4v) is 4.94. The fraction of sp³-hybridized carbons (Fsp3) is 0.633. The van der Waals surface area contributed by atoms with E-state index >= 15 is 0 Å². The van der Waals surface area contributed by atoms with E-state index in [1.807, 2.05) is 57.2 Å². The number of aliphatic hydroxyl groups excluding tert-OH is 2. The molecule has 3 rings (SSSR count). The van der Waals surface area contributed by atoms with Gasteiger partial charge in [0.2, 0.25) is 0 Å². The van der Waals surface area contributed by atoms with E-state index in [9.17, 15) is 19.8 Å². The van der Waals surface area contributed by atoms with Crippen molar-refractivity contribution in [1.29, 1.82) is 0 Å². The number of epoxide rings is 1. The van der Waals surface area contributed by atoms with Crippen LogP contribution >= 0.6 is 0 Å². The van der Waals surface area contributed by atoms with Crippen LogP contribution in [0.5, 0.6) is 0 Å². The predicted molar refractivity (Wildman–Crippen MR) is 144 cm³/mol. The second-order valence-corrected chi connectivity index (χ2v) is 11.3. The fourth-order valence-electron chi connectivity index (χ4n) is 4.94. The van der Waals surface area contributed by atoms with Crippen LogP contribution in [0.3, 0.4) is 0 Å². The van der Waals surface area contributed by atoms with Crippen molar-refractivity contribution in [3.05, 3.63) is 47.8 Å². The number of carbonyl (C=O) groups excluding carboxylic acids is 2. The first-order valence-corrected chi connectivity index (χ1v) is 13.5. The molecule has 0 amide bonds. The molecule has 210 valence electrons. The van der Waals surface area contributed by atoms with Crippen molar-refractivity contribution >= 4 is 17.8 Å². The molecule has 7 atom stereocenters. The van der Waals surface area contributed by atoms with Crippen LogP contribution in [0.15, 0.2) is 42.1 Å². The molecule has 2 fully saturated rings. The minimum Gasteiger partial charge on any atom is -0.458 e. The van der Waals surface area contributed by atoms with E-state index in [1.165, 1.54) is 0 Å². The van der Waals surface area contributed by atoms with Gasteiger partial charge in [-0.3, -0.25) is 14.6 Å². The smallest absolute Gasteiger partial charge is 0.309 e. The van der Waals surface area contributed by atoms with Crippen LogP contribution < -0.4 is 0 Å². The van der Waals surface area contributed by atoms with E-state index in [1.54, 1.807) is 27.0 Å². The zero-order chi connectivity index (χ0) is 28.1. The number of aliphatic hydroxyl groups is 2. The van der Waals surface area contributed by atoms with E-state index in [-0.39, 0.29) is 18.3 Å². The molecule has 38 heavy (non-hydrogen) atoms. The molecule has 0 aromatic carbocycles. The number of hydrogen-bond donors (Lipinski definition) is 2. The number of hydrogen-bond acceptors (Lipinski definition) is 8. The molecule has 0 spiro atoms. The lowest BCUT2D eigenvalue weighted by molar-refractivity contribution is -0.155. The lowest BCUT2D eigenvalue weighted by Gasteiger charge is -2.35. The largest absolute Gasteiger partial charge is 0.458 e. The summed E-state index contributed by atoms with van der Waals surface area (Å²) in [4.78, 5) is 31.0. The van der Waals surface area contributed by atoms with Gasteiger partial charge in [0.05, 0.1) is 53.5 Å². The van der Waals surface area contributed by atoms with Gasteiger partial charge in [0.15, 0.2) is 0 Å². The summed E-state index contributed by atoms with van der Waals surface area (Å²) >= 11 is 0. The summed E-state index contributed by atoms with van der Waals surface area (Å²) in [5.74, 6) is -1.73. The zero-order valence-corrected chi connectivity index (χ0v) is 23.4. The number of cyclic esters (lactones) is 1. The summed E-state index contributed by atoms with van der Waals surface area (Å²) in [7, 11) is 0. The van der Waals surface area contributed by atoms with Gasteiger partial charge >= 0.3 is 5.97 Å². The Labute approximate surface area is 226 Å². The summed E-state index contributed by atoms with van der Waals surface area (Å²) in [5.41, 5.74) is -0.192. The Morgan fingerprint density at radius 2 is 1.95 bits per heavy atom. The van der Waals surface area contributed by atoms with Crippen LogP contribution in [0.4, 0.5) is 0 Å². The zero-order valence-electron chi connectivity index (χ0n) is 23.4. The molecule has 0 unspecified atom stereocenters. The van der Waals surface area contributed by atoms with Crippen LogP contribution in [0.25, 0.3) is 6.08 Å². The standard InChI is InChI=1S/C30H43NO7/c1-7-8-12-22-27(34)20(3)36-15-13-30(6)25(38-30)17-23(19(2)16-21-11-9-10-14-31-21)37-26(33)18-24(32)29(4,5)28(22)35/h7-11,14,16,20,22-25,27,32,34H,12-13,15,17-18H2,1-6H3/t20-,22-,23+,24+,25+,27-,30-/m1/s1. The number of allylic oxidation sites excluding steroid dienone is 2. The number of fused-ring (bicyclic) bond motifs is 1. The van der Waals surface area contributed by atoms with E-state index in [4.69, 9.17) is 14.2 Å². The van der Waals surface area contributed by atoms with E-state index in [2.05, 4.69) is 4.98 Å². The Morgan fingerprint density at radius 3 is 2.61 bits per heavy atom. The molecule has 0 aliphatic carbocycles. The van der Waals surface area contributed by atoms with Crippen molar-refractivity contribution in [3.63, 3.8) is 0 Å². The lowest BCUT2D eigenvalue weighted by atomic mass is 9.72. The second kappa shape index (κ2) is 12.6. The Balaban J connectivity index is 1.89. The molecular weight excluding hydrogens is 486 g/mol. The molecule has 0 radical (unpaired) electrons. The number of aromatic nitrogens is 1. The third-order valence-electron chi connectivity index (χ3n) is 7.97. The summed E-state index contributed by atoms with van der Waals surface area (Å²) in [6.45, 7) is 11.0. The third kappa shape index (κ3) is 7.38. The summed E-state index contributed by atoms with van der Waals surface area (Å²) in [5, 5.41) is 22.1. The molecule has 3 heterocycles. The number of Topliss-reactive ketones (excluding diaryl/α,β-unsaturated/α-hetero) is 1. The minimum atomic E-state index is -1.30. The second-order valence-electron chi connectivity index (χ2n) is 11.3.